The van der Waals surface area contributed by atoms with Crippen molar-refractivity contribution in [3.05, 3.63) is 29.3 Å². The van der Waals surface area contributed by atoms with Crippen molar-refractivity contribution in [1.29, 1.82) is 0 Å². The molecular weight excluding hydrogens is 294 g/mol. The van der Waals surface area contributed by atoms with Gasteiger partial charge in [-0.15, -0.1) is 0 Å². The largest absolute Gasteiger partial charge is 0.392 e. The maximum Gasteiger partial charge on any atom is 0.243 e. The third-order valence-corrected chi connectivity index (χ3v) is 6.92. The summed E-state index contributed by atoms with van der Waals surface area (Å²) in [5.74, 6) is 0.844. The molecule has 0 aliphatic carbocycles. The van der Waals surface area contributed by atoms with Gasteiger partial charge in [0, 0.05) is 24.1 Å². The molecule has 20 heavy (non-hydrogen) atoms. The van der Waals surface area contributed by atoms with E-state index in [9.17, 15) is 13.5 Å². The summed E-state index contributed by atoms with van der Waals surface area (Å²) in [5, 5.41) is 9.66. The van der Waals surface area contributed by atoms with Crippen LogP contribution in [0, 0.1) is 6.92 Å². The number of hydrogen-bond acceptors (Lipinski definition) is 4. The molecule has 2 rings (SSSR count). The summed E-state index contributed by atoms with van der Waals surface area (Å²) in [7, 11) is -3.45. The van der Waals surface area contributed by atoms with Crippen molar-refractivity contribution in [2.45, 2.75) is 37.0 Å². The summed E-state index contributed by atoms with van der Waals surface area (Å²) in [4.78, 5) is 0.286. The highest BCUT2D eigenvalue weighted by Gasteiger charge is 2.30. The van der Waals surface area contributed by atoms with E-state index in [1.54, 1.807) is 22.5 Å². The summed E-state index contributed by atoms with van der Waals surface area (Å²) in [5.41, 5.74) is 1.58. The molecule has 0 radical (unpaired) electrons. The van der Waals surface area contributed by atoms with Crippen molar-refractivity contribution in [2.75, 3.05) is 18.8 Å². The Balaban J connectivity index is 2.30. The number of thioether (sulfide) groups is 1. The van der Waals surface area contributed by atoms with Crippen LogP contribution in [-0.2, 0) is 16.6 Å². The van der Waals surface area contributed by atoms with E-state index in [-0.39, 0.29) is 11.5 Å². The Morgan fingerprint density at radius 3 is 2.85 bits per heavy atom. The molecule has 0 saturated carbocycles. The maximum absolute atomic E-state index is 12.7. The van der Waals surface area contributed by atoms with Gasteiger partial charge in [0.15, 0.2) is 0 Å². The van der Waals surface area contributed by atoms with Crippen LogP contribution in [0.2, 0.25) is 0 Å². The number of aliphatic hydroxyl groups excluding tert-OH is 1. The second kappa shape index (κ2) is 6.47. The molecule has 6 heteroatoms. The van der Waals surface area contributed by atoms with E-state index in [4.69, 9.17) is 0 Å². The SMILES string of the molecule is CCC1CN(S(=O)(=O)c2ccc(C)c(CO)c2)CCS1. The monoisotopic (exact) mass is 315 g/mol. The highest BCUT2D eigenvalue weighted by Crippen LogP contribution is 2.27. The van der Waals surface area contributed by atoms with Crippen LogP contribution in [0.3, 0.4) is 0 Å². The van der Waals surface area contributed by atoms with Gasteiger partial charge >= 0.3 is 0 Å². The van der Waals surface area contributed by atoms with Gasteiger partial charge in [-0.2, -0.15) is 16.1 Å². The zero-order valence-corrected chi connectivity index (χ0v) is 13.5. The van der Waals surface area contributed by atoms with Gasteiger partial charge in [-0.3, -0.25) is 0 Å². The van der Waals surface area contributed by atoms with Crippen molar-refractivity contribution in [2.24, 2.45) is 0 Å². The van der Waals surface area contributed by atoms with Gasteiger partial charge in [0.25, 0.3) is 0 Å². The molecule has 112 valence electrons. The average Bonchev–Trinajstić information content (AvgIpc) is 2.47. The fourth-order valence-corrected chi connectivity index (χ4v) is 5.21. The van der Waals surface area contributed by atoms with Crippen LogP contribution in [-0.4, -0.2) is 41.9 Å². The van der Waals surface area contributed by atoms with Gasteiger partial charge < -0.3 is 5.11 Å². The first-order valence-corrected chi connectivity index (χ1v) is 9.30. The molecule has 1 aromatic rings. The van der Waals surface area contributed by atoms with Crippen molar-refractivity contribution in [1.82, 2.24) is 4.31 Å². The summed E-state index contributed by atoms with van der Waals surface area (Å²) < 4.78 is 26.9. The van der Waals surface area contributed by atoms with E-state index >= 15 is 0 Å². The van der Waals surface area contributed by atoms with E-state index in [2.05, 4.69) is 6.92 Å². The average molecular weight is 315 g/mol. The van der Waals surface area contributed by atoms with E-state index in [1.807, 2.05) is 18.7 Å². The minimum absolute atomic E-state index is 0.136. The molecule has 1 unspecified atom stereocenters. The van der Waals surface area contributed by atoms with Crippen LogP contribution in [0.15, 0.2) is 23.1 Å². The fraction of sp³-hybridized carbons (Fsp3) is 0.571. The zero-order valence-electron chi connectivity index (χ0n) is 11.9. The smallest absolute Gasteiger partial charge is 0.243 e. The number of hydrogen-bond donors (Lipinski definition) is 1. The molecule has 1 fully saturated rings. The Hall–Kier alpha value is -0.560. The molecule has 1 saturated heterocycles. The lowest BCUT2D eigenvalue weighted by molar-refractivity contribution is 0.280. The quantitative estimate of drug-likeness (QED) is 0.923. The number of sulfonamides is 1. The highest BCUT2D eigenvalue weighted by atomic mass is 32.2. The first-order valence-electron chi connectivity index (χ1n) is 6.81. The van der Waals surface area contributed by atoms with Crippen LogP contribution in [0.25, 0.3) is 0 Å². The first kappa shape index (κ1) is 15.8. The van der Waals surface area contributed by atoms with Crippen LogP contribution >= 0.6 is 11.8 Å². The summed E-state index contributed by atoms with van der Waals surface area (Å²) >= 11 is 1.84. The normalized spacial score (nSPS) is 21.1. The van der Waals surface area contributed by atoms with Gasteiger partial charge in [-0.05, 0) is 36.6 Å². The van der Waals surface area contributed by atoms with E-state index in [1.165, 1.54) is 0 Å². The molecule has 1 atom stereocenters. The number of nitrogens with zero attached hydrogens (tertiary/aromatic N) is 1. The van der Waals surface area contributed by atoms with Gasteiger partial charge in [-0.1, -0.05) is 13.0 Å². The van der Waals surface area contributed by atoms with E-state index in [0.717, 1.165) is 17.7 Å². The van der Waals surface area contributed by atoms with Gasteiger partial charge in [0.1, 0.15) is 0 Å². The van der Waals surface area contributed by atoms with Crippen molar-refractivity contribution >= 4 is 21.8 Å². The lowest BCUT2D eigenvalue weighted by Gasteiger charge is -2.31. The molecule has 1 N–H and O–H groups in total. The minimum atomic E-state index is -3.45. The predicted octanol–water partition coefficient (Wildman–Crippen LogP) is 2.00. The fourth-order valence-electron chi connectivity index (χ4n) is 2.29. The van der Waals surface area contributed by atoms with Gasteiger partial charge in [0.2, 0.25) is 10.0 Å². The minimum Gasteiger partial charge on any atom is -0.392 e. The Kier molecular flexibility index (Phi) is 5.12. The van der Waals surface area contributed by atoms with Crippen LogP contribution < -0.4 is 0 Å². The third kappa shape index (κ3) is 3.19. The number of aryl methyl sites for hydroxylation is 1. The molecule has 0 bridgehead atoms. The molecule has 0 spiro atoms. The van der Waals surface area contributed by atoms with Crippen LogP contribution in [0.1, 0.15) is 24.5 Å². The van der Waals surface area contributed by atoms with E-state index in [0.29, 0.717) is 23.9 Å². The Morgan fingerprint density at radius 1 is 1.45 bits per heavy atom. The topological polar surface area (TPSA) is 57.6 Å². The summed E-state index contributed by atoms with van der Waals surface area (Å²) in [6, 6.07) is 4.98. The predicted molar refractivity (Wildman–Crippen MR) is 82.4 cm³/mol. The van der Waals surface area contributed by atoms with Crippen LogP contribution in [0.4, 0.5) is 0 Å². The lowest BCUT2D eigenvalue weighted by Crippen LogP contribution is -2.41. The number of aliphatic hydroxyl groups is 1. The molecule has 0 aromatic heterocycles. The zero-order chi connectivity index (χ0) is 14.8. The molecule has 0 amide bonds. The molecule has 1 aliphatic heterocycles. The highest BCUT2D eigenvalue weighted by molar-refractivity contribution is 8.00. The number of rotatable bonds is 4. The Bertz CT molecular complexity index is 572. The van der Waals surface area contributed by atoms with Crippen molar-refractivity contribution in [3.8, 4) is 0 Å². The van der Waals surface area contributed by atoms with Gasteiger partial charge in [-0.25, -0.2) is 8.42 Å². The van der Waals surface area contributed by atoms with Crippen LogP contribution in [0.5, 0.6) is 0 Å². The molecule has 1 aliphatic rings. The second-order valence-corrected chi connectivity index (χ2v) is 8.36. The Morgan fingerprint density at radius 2 is 2.20 bits per heavy atom. The van der Waals surface area contributed by atoms with Gasteiger partial charge in [0.05, 0.1) is 11.5 Å². The summed E-state index contributed by atoms with van der Waals surface area (Å²) in [6.07, 6.45) is 0.979. The van der Waals surface area contributed by atoms with E-state index < -0.39 is 10.0 Å². The Labute approximate surface area is 125 Å². The standard InChI is InChI=1S/C14H21NO3S2/c1-3-13-9-15(6-7-19-13)20(17,18)14-5-4-11(2)12(8-14)10-16/h4-5,8,13,16H,3,6-7,9-10H2,1-2H3. The maximum atomic E-state index is 12.7. The molecule has 1 aromatic carbocycles. The summed E-state index contributed by atoms with van der Waals surface area (Å²) in [6.45, 7) is 4.95. The molecular formula is C14H21NO3S2. The van der Waals surface area contributed by atoms with Crippen molar-refractivity contribution < 1.29 is 13.5 Å². The molecule has 4 nitrogen and oxygen atoms in total. The molecule has 1 heterocycles. The lowest BCUT2D eigenvalue weighted by atomic mass is 10.1. The second-order valence-electron chi connectivity index (χ2n) is 5.01. The first-order chi connectivity index (χ1) is 9.48. The number of benzene rings is 1. The third-order valence-electron chi connectivity index (χ3n) is 3.69. The van der Waals surface area contributed by atoms with Crippen molar-refractivity contribution in [3.63, 3.8) is 0 Å².